The molecule has 1 amide bonds. The highest BCUT2D eigenvalue weighted by molar-refractivity contribution is 6.11. The van der Waals surface area contributed by atoms with Gasteiger partial charge in [-0.05, 0) is 42.8 Å². The molecule has 0 saturated heterocycles. The van der Waals surface area contributed by atoms with E-state index in [1.54, 1.807) is 36.7 Å². The second kappa shape index (κ2) is 6.67. The number of anilines is 2. The van der Waals surface area contributed by atoms with Gasteiger partial charge in [-0.25, -0.2) is 4.39 Å². The molecule has 1 unspecified atom stereocenters. The zero-order chi connectivity index (χ0) is 20.9. The average molecular weight is 400 g/mol. The number of carbonyl (C=O) groups is 1. The summed E-state index contributed by atoms with van der Waals surface area (Å²) < 4.78 is 13.5. The smallest absolute Gasteiger partial charge is 0.267 e. The maximum Gasteiger partial charge on any atom is 0.267 e. The monoisotopic (exact) mass is 400 g/mol. The SMILES string of the molecule is CC1(O)C(=O)N(c2cncc(Cc3nncc4cc(F)ccc34)c2)c2ccccc21. The molecule has 4 aromatic rings. The molecule has 6 nitrogen and oxygen atoms in total. The summed E-state index contributed by atoms with van der Waals surface area (Å²) >= 11 is 0. The Bertz CT molecular complexity index is 1310. The number of carbonyl (C=O) groups excluding carboxylic acids is 1. The molecule has 1 atom stereocenters. The summed E-state index contributed by atoms with van der Waals surface area (Å²) in [5.41, 5.74) is 1.65. The molecule has 148 valence electrons. The second-order valence-corrected chi connectivity index (χ2v) is 7.48. The fourth-order valence-electron chi connectivity index (χ4n) is 3.91. The lowest BCUT2D eigenvalue weighted by atomic mass is 9.98. The molecule has 0 saturated carbocycles. The summed E-state index contributed by atoms with van der Waals surface area (Å²) in [6.07, 6.45) is 5.22. The number of pyridine rings is 1. The van der Waals surface area contributed by atoms with Crippen LogP contribution in [0.15, 0.2) is 67.1 Å². The zero-order valence-electron chi connectivity index (χ0n) is 16.1. The third-order valence-corrected chi connectivity index (χ3v) is 5.40. The summed E-state index contributed by atoms with van der Waals surface area (Å²) in [7, 11) is 0. The molecule has 2 aromatic carbocycles. The van der Waals surface area contributed by atoms with E-state index in [2.05, 4.69) is 15.2 Å². The van der Waals surface area contributed by atoms with Crippen molar-refractivity contribution in [1.29, 1.82) is 0 Å². The molecule has 0 radical (unpaired) electrons. The Morgan fingerprint density at radius 1 is 1.10 bits per heavy atom. The molecule has 0 bridgehead atoms. The van der Waals surface area contributed by atoms with Crippen LogP contribution >= 0.6 is 0 Å². The maximum absolute atomic E-state index is 13.5. The lowest BCUT2D eigenvalue weighted by Gasteiger charge is -2.20. The Balaban J connectivity index is 1.54. The van der Waals surface area contributed by atoms with Crippen molar-refractivity contribution in [3.63, 3.8) is 0 Å². The first-order valence-electron chi connectivity index (χ1n) is 9.45. The van der Waals surface area contributed by atoms with E-state index in [0.717, 1.165) is 10.9 Å². The van der Waals surface area contributed by atoms with E-state index < -0.39 is 11.5 Å². The lowest BCUT2D eigenvalue weighted by Crippen LogP contribution is -2.35. The van der Waals surface area contributed by atoms with Crippen LogP contribution in [0.5, 0.6) is 0 Å². The lowest BCUT2D eigenvalue weighted by molar-refractivity contribution is -0.133. The summed E-state index contributed by atoms with van der Waals surface area (Å²) in [6, 6.07) is 13.5. The number of para-hydroxylation sites is 1. The summed E-state index contributed by atoms with van der Waals surface area (Å²) in [5.74, 6) is -0.758. The topological polar surface area (TPSA) is 79.2 Å². The van der Waals surface area contributed by atoms with Gasteiger partial charge in [-0.15, -0.1) is 0 Å². The van der Waals surface area contributed by atoms with Gasteiger partial charge in [0.15, 0.2) is 5.60 Å². The fraction of sp³-hybridized carbons (Fsp3) is 0.130. The van der Waals surface area contributed by atoms with Crippen LogP contribution in [0, 0.1) is 5.82 Å². The predicted octanol–water partition coefficient (Wildman–Crippen LogP) is 3.64. The Hall–Kier alpha value is -3.71. The van der Waals surface area contributed by atoms with Gasteiger partial charge in [0, 0.05) is 29.0 Å². The molecule has 30 heavy (non-hydrogen) atoms. The predicted molar refractivity (Wildman–Crippen MR) is 110 cm³/mol. The van der Waals surface area contributed by atoms with E-state index >= 15 is 0 Å². The normalized spacial score (nSPS) is 18.1. The van der Waals surface area contributed by atoms with Gasteiger partial charge in [-0.2, -0.15) is 10.2 Å². The van der Waals surface area contributed by atoms with Crippen LogP contribution in [-0.4, -0.2) is 26.2 Å². The van der Waals surface area contributed by atoms with E-state index in [9.17, 15) is 14.3 Å². The highest BCUT2D eigenvalue weighted by Gasteiger charge is 2.46. The van der Waals surface area contributed by atoms with Crippen molar-refractivity contribution in [2.24, 2.45) is 0 Å². The number of rotatable bonds is 3. The number of aliphatic hydroxyl groups is 1. The molecule has 2 aromatic heterocycles. The van der Waals surface area contributed by atoms with Gasteiger partial charge >= 0.3 is 0 Å². The Kier molecular flexibility index (Phi) is 4.08. The highest BCUT2D eigenvalue weighted by Crippen LogP contribution is 2.43. The van der Waals surface area contributed by atoms with Gasteiger partial charge in [0.2, 0.25) is 0 Å². The number of benzene rings is 2. The van der Waals surface area contributed by atoms with Crippen LogP contribution in [0.1, 0.15) is 23.7 Å². The molecule has 7 heteroatoms. The van der Waals surface area contributed by atoms with Crippen LogP contribution in [0.4, 0.5) is 15.8 Å². The van der Waals surface area contributed by atoms with Crippen LogP contribution in [0.25, 0.3) is 10.8 Å². The summed E-state index contributed by atoms with van der Waals surface area (Å²) in [5, 5.41) is 20.4. The minimum Gasteiger partial charge on any atom is -0.375 e. The van der Waals surface area contributed by atoms with Gasteiger partial charge in [-0.3, -0.25) is 14.7 Å². The third-order valence-electron chi connectivity index (χ3n) is 5.40. The number of nitrogens with zero attached hydrogens (tertiary/aromatic N) is 4. The van der Waals surface area contributed by atoms with Crippen molar-refractivity contribution in [1.82, 2.24) is 15.2 Å². The van der Waals surface area contributed by atoms with Crippen molar-refractivity contribution >= 4 is 28.1 Å². The van der Waals surface area contributed by atoms with E-state index in [1.165, 1.54) is 30.2 Å². The zero-order valence-corrected chi connectivity index (χ0v) is 16.1. The molecule has 0 spiro atoms. The number of hydrogen-bond acceptors (Lipinski definition) is 5. The molecule has 3 heterocycles. The summed E-state index contributed by atoms with van der Waals surface area (Å²) in [4.78, 5) is 18.7. The first kappa shape index (κ1) is 18.3. The largest absolute Gasteiger partial charge is 0.375 e. The molecule has 1 aliphatic heterocycles. The maximum atomic E-state index is 13.5. The molecule has 1 N–H and O–H groups in total. The average Bonchev–Trinajstić information content (AvgIpc) is 2.94. The van der Waals surface area contributed by atoms with E-state index in [0.29, 0.717) is 34.4 Å². The highest BCUT2D eigenvalue weighted by atomic mass is 19.1. The molecule has 0 aliphatic carbocycles. The Morgan fingerprint density at radius 2 is 1.93 bits per heavy atom. The standard InChI is InChI=1S/C23H17FN4O2/c1-23(30)19-4-2-3-5-21(19)28(22(23)29)17-8-14(11-25-13-17)9-20-18-7-6-16(24)10-15(18)12-26-27-20/h2-8,10-13,30H,9H2,1H3. The molecule has 0 fully saturated rings. The second-order valence-electron chi connectivity index (χ2n) is 7.48. The van der Waals surface area contributed by atoms with Crippen molar-refractivity contribution in [2.75, 3.05) is 4.90 Å². The third kappa shape index (κ3) is 2.83. The molecular weight excluding hydrogens is 383 g/mol. The first-order valence-corrected chi connectivity index (χ1v) is 9.45. The van der Waals surface area contributed by atoms with Gasteiger partial charge in [0.25, 0.3) is 5.91 Å². The minimum absolute atomic E-state index is 0.330. The van der Waals surface area contributed by atoms with Crippen molar-refractivity contribution in [3.05, 3.63) is 89.8 Å². The van der Waals surface area contributed by atoms with Crippen LogP contribution in [0.2, 0.25) is 0 Å². The van der Waals surface area contributed by atoms with Crippen LogP contribution < -0.4 is 4.90 Å². The number of fused-ring (bicyclic) bond motifs is 2. The number of amides is 1. The minimum atomic E-state index is -1.60. The van der Waals surface area contributed by atoms with E-state index in [4.69, 9.17) is 0 Å². The van der Waals surface area contributed by atoms with Crippen molar-refractivity contribution < 1.29 is 14.3 Å². The number of aromatic nitrogens is 3. The first-order chi connectivity index (χ1) is 14.4. The molecule has 5 rings (SSSR count). The Labute approximate surface area is 171 Å². The van der Waals surface area contributed by atoms with Crippen molar-refractivity contribution in [3.8, 4) is 0 Å². The number of halogens is 1. The van der Waals surface area contributed by atoms with Crippen LogP contribution in [-0.2, 0) is 16.8 Å². The van der Waals surface area contributed by atoms with Crippen LogP contribution in [0.3, 0.4) is 0 Å². The van der Waals surface area contributed by atoms with Gasteiger partial charge in [0.1, 0.15) is 5.82 Å². The van der Waals surface area contributed by atoms with Gasteiger partial charge in [-0.1, -0.05) is 18.2 Å². The van der Waals surface area contributed by atoms with Gasteiger partial charge < -0.3 is 5.11 Å². The molecular formula is C23H17FN4O2. The van der Waals surface area contributed by atoms with Gasteiger partial charge in [0.05, 0.1) is 29.5 Å². The summed E-state index contributed by atoms with van der Waals surface area (Å²) in [6.45, 7) is 1.50. The quantitative estimate of drug-likeness (QED) is 0.568. The fourth-order valence-corrected chi connectivity index (χ4v) is 3.91. The molecule has 1 aliphatic rings. The van der Waals surface area contributed by atoms with E-state index in [-0.39, 0.29) is 5.82 Å². The van der Waals surface area contributed by atoms with E-state index in [1.807, 2.05) is 12.1 Å². The number of hydrogen-bond donors (Lipinski definition) is 1. The Morgan fingerprint density at radius 3 is 2.80 bits per heavy atom. The van der Waals surface area contributed by atoms with Crippen molar-refractivity contribution in [2.45, 2.75) is 18.9 Å².